The highest BCUT2D eigenvalue weighted by molar-refractivity contribution is 7.87. The average molecular weight is 1100 g/mol. The standard InChI is InChI=1S/C43H31N9O15S6/c1-23-35(22-44)40(45-27-8-12-30(13-9-27)69(53,54)55)48-41(46-28-10-14-31(15-11-28)70(56,57)58)39(23)50-52-43-47-36(17-24-6-7-25-4-2-3-5-26(25)16-24)42(68-43)51-49-29-18-33-34(37(19-29)72(62,63)64)20-32(71(59,60)61)21-38(33)73(65,66)67/h2-16,18-21H,17H2,1H3,(H2,45,46,48)(H,53,54,55)(H,56,57,58)(H,59,60,61)(H,62,63,64)(H,65,66,67)/p-5. The van der Waals surface area contributed by atoms with Crippen molar-refractivity contribution in [3.8, 4) is 6.07 Å². The third kappa shape index (κ3) is 11.7. The van der Waals surface area contributed by atoms with Crippen LogP contribution in [0.1, 0.15) is 22.4 Å². The first-order chi connectivity index (χ1) is 34.1. The van der Waals surface area contributed by atoms with E-state index in [0.717, 1.165) is 52.4 Å². The monoisotopic (exact) mass is 1100 g/mol. The highest BCUT2D eigenvalue weighted by Gasteiger charge is 2.22. The van der Waals surface area contributed by atoms with E-state index >= 15 is 0 Å². The van der Waals surface area contributed by atoms with E-state index in [1.807, 2.05) is 42.5 Å². The molecular formula is C43H26N9O15S6-5. The Labute approximate surface area is 418 Å². The lowest BCUT2D eigenvalue weighted by molar-refractivity contribution is 0.458. The predicted molar refractivity (Wildman–Crippen MR) is 254 cm³/mol. The fourth-order valence-corrected chi connectivity index (χ4v) is 10.8. The summed E-state index contributed by atoms with van der Waals surface area (Å²) in [7, 11) is -26.4. The zero-order chi connectivity index (χ0) is 52.8. The van der Waals surface area contributed by atoms with Gasteiger partial charge in [-0.3, -0.25) is 0 Å². The van der Waals surface area contributed by atoms with E-state index in [0.29, 0.717) is 17.7 Å². The summed E-state index contributed by atoms with van der Waals surface area (Å²) in [5.74, 6) is -0.225. The number of pyridine rings is 1. The summed E-state index contributed by atoms with van der Waals surface area (Å²) < 4.78 is 180. The molecule has 2 heterocycles. The summed E-state index contributed by atoms with van der Waals surface area (Å²) in [4.78, 5) is 4.15. The van der Waals surface area contributed by atoms with E-state index in [9.17, 15) is 70.1 Å². The zero-order valence-electron chi connectivity index (χ0n) is 36.4. The molecule has 0 aliphatic carbocycles. The lowest BCUT2D eigenvalue weighted by Gasteiger charge is -2.18. The van der Waals surface area contributed by atoms with Gasteiger partial charge in [-0.25, -0.2) is 52.1 Å². The Hall–Kier alpha value is -7.54. The molecule has 73 heavy (non-hydrogen) atoms. The number of hydrogen-bond donors (Lipinski definition) is 2. The van der Waals surface area contributed by atoms with Crippen LogP contribution in [0.3, 0.4) is 0 Å². The van der Waals surface area contributed by atoms with E-state index in [4.69, 9.17) is 0 Å². The molecule has 30 heteroatoms. The number of hydrogen-bond acceptors (Lipinski definition) is 25. The second-order valence-electron chi connectivity index (χ2n) is 15.3. The van der Waals surface area contributed by atoms with Crippen LogP contribution in [0.5, 0.6) is 0 Å². The van der Waals surface area contributed by atoms with Gasteiger partial charge in [-0.05, 0) is 96.1 Å². The van der Waals surface area contributed by atoms with E-state index in [1.165, 1.54) is 31.2 Å². The minimum Gasteiger partial charge on any atom is -0.744 e. The molecule has 0 bridgehead atoms. The largest absolute Gasteiger partial charge is 0.744 e. The Morgan fingerprint density at radius 2 is 1.11 bits per heavy atom. The van der Waals surface area contributed by atoms with E-state index in [-0.39, 0.29) is 68.1 Å². The molecular weight excluding hydrogens is 1070 g/mol. The van der Waals surface area contributed by atoms with Crippen LogP contribution in [-0.2, 0) is 57.0 Å². The van der Waals surface area contributed by atoms with Crippen molar-refractivity contribution in [2.45, 2.75) is 37.8 Å². The molecule has 0 saturated carbocycles. The number of nitrogens with zero attached hydrogens (tertiary/aromatic N) is 7. The average Bonchev–Trinajstić information content (AvgIpc) is 3.69. The number of nitrogens with one attached hydrogen (secondary N) is 2. The van der Waals surface area contributed by atoms with Gasteiger partial charge < -0.3 is 33.4 Å². The summed E-state index contributed by atoms with van der Waals surface area (Å²) in [6, 6.07) is 26.1. The maximum atomic E-state index is 12.5. The fraction of sp³-hybridized carbons (Fsp3) is 0.0465. The highest BCUT2D eigenvalue weighted by Crippen LogP contribution is 2.42. The Bertz CT molecular complexity index is 4280. The van der Waals surface area contributed by atoms with Gasteiger partial charge in [0.15, 0.2) is 16.6 Å². The Balaban J connectivity index is 1.26. The summed E-state index contributed by atoms with van der Waals surface area (Å²) in [6.07, 6.45) is 0.0390. The lowest BCUT2D eigenvalue weighted by Crippen LogP contribution is -2.07. The second kappa shape index (κ2) is 19.5. The fourth-order valence-electron chi connectivity index (χ4n) is 7.09. The van der Waals surface area contributed by atoms with Crippen LogP contribution < -0.4 is 10.6 Å². The van der Waals surface area contributed by atoms with Crippen LogP contribution in [0.25, 0.3) is 21.5 Å². The summed E-state index contributed by atoms with van der Waals surface area (Å²) in [6.45, 7) is 1.47. The van der Waals surface area contributed by atoms with Crippen LogP contribution in [0.4, 0.5) is 44.5 Å². The van der Waals surface area contributed by atoms with Gasteiger partial charge in [0, 0.05) is 34.1 Å². The topological polar surface area (TPSA) is 409 Å². The molecule has 0 aliphatic heterocycles. The van der Waals surface area contributed by atoms with E-state index in [1.54, 1.807) is 6.07 Å². The number of nitriles is 1. The summed E-state index contributed by atoms with van der Waals surface area (Å²) >= 11 is 0.755. The number of rotatable bonds is 15. The van der Waals surface area contributed by atoms with Crippen LogP contribution in [0.15, 0.2) is 160 Å². The zero-order valence-corrected chi connectivity index (χ0v) is 41.3. The molecule has 0 aliphatic rings. The molecule has 2 aromatic heterocycles. The molecule has 0 atom stereocenters. The van der Waals surface area contributed by atoms with E-state index < -0.39 is 91.5 Å². The number of anilines is 4. The molecule has 0 radical (unpaired) electrons. The van der Waals surface area contributed by atoms with Crippen LogP contribution in [0, 0.1) is 18.3 Å². The van der Waals surface area contributed by atoms with Crippen molar-refractivity contribution in [3.05, 3.63) is 138 Å². The number of aromatic nitrogens is 2. The van der Waals surface area contributed by atoms with Crippen molar-refractivity contribution >= 4 is 128 Å². The van der Waals surface area contributed by atoms with Crippen molar-refractivity contribution in [2.75, 3.05) is 10.6 Å². The summed E-state index contributed by atoms with van der Waals surface area (Å²) in [5.41, 5.74) is 0.644. The lowest BCUT2D eigenvalue weighted by atomic mass is 10.0. The highest BCUT2D eigenvalue weighted by atomic mass is 32.2. The number of thiazole rings is 1. The van der Waals surface area contributed by atoms with Crippen molar-refractivity contribution in [1.82, 2.24) is 9.97 Å². The van der Waals surface area contributed by atoms with E-state index in [2.05, 4.69) is 41.1 Å². The van der Waals surface area contributed by atoms with Gasteiger partial charge in [0.05, 0.1) is 41.4 Å². The minimum atomic E-state index is -5.64. The van der Waals surface area contributed by atoms with Crippen molar-refractivity contribution < 1.29 is 64.9 Å². The third-order valence-corrected chi connectivity index (χ3v) is 15.6. The molecule has 0 amide bonds. The molecule has 0 saturated heterocycles. The maximum absolute atomic E-state index is 12.5. The smallest absolute Gasteiger partial charge is 0.232 e. The second-order valence-corrected chi connectivity index (χ2v) is 23.1. The van der Waals surface area contributed by atoms with Crippen molar-refractivity contribution in [3.63, 3.8) is 0 Å². The molecule has 0 spiro atoms. The molecule has 0 unspecified atom stereocenters. The third-order valence-electron chi connectivity index (χ3n) is 10.5. The first-order valence-electron chi connectivity index (χ1n) is 20.1. The molecule has 0 fully saturated rings. The summed E-state index contributed by atoms with van der Waals surface area (Å²) in [5, 5.41) is 33.1. The first kappa shape index (κ1) is 51.8. The molecule has 8 rings (SSSR count). The van der Waals surface area contributed by atoms with Gasteiger partial charge in [-0.15, -0.1) is 20.5 Å². The molecule has 374 valence electrons. The number of fused-ring (bicyclic) bond motifs is 2. The molecule has 6 aromatic carbocycles. The van der Waals surface area contributed by atoms with Gasteiger partial charge >= 0.3 is 0 Å². The van der Waals surface area contributed by atoms with Gasteiger partial charge in [-0.2, -0.15) is 5.26 Å². The Morgan fingerprint density at radius 1 is 0.562 bits per heavy atom. The quantitative estimate of drug-likeness (QED) is 0.0742. The molecule has 8 aromatic rings. The predicted octanol–water partition coefficient (Wildman–Crippen LogP) is 7.45. The Morgan fingerprint density at radius 3 is 1.67 bits per heavy atom. The van der Waals surface area contributed by atoms with Crippen LogP contribution >= 0.6 is 11.3 Å². The van der Waals surface area contributed by atoms with Gasteiger partial charge in [0.2, 0.25) is 5.13 Å². The SMILES string of the molecule is Cc1c(C#N)c(Nc2ccc(S(=O)(=O)[O-])cc2)nc(Nc2ccc(S(=O)(=O)[O-])cc2)c1N=Nc1nc(Cc2ccc3ccccc3c2)c(N=Nc2cc(S(=O)(=O)[O-])c3cc(S(=O)(=O)[O-])cc(S(=O)(=O)[O-])c3c2)s1. The van der Waals surface area contributed by atoms with Crippen LogP contribution in [0.2, 0.25) is 0 Å². The van der Waals surface area contributed by atoms with Crippen molar-refractivity contribution in [1.29, 1.82) is 5.26 Å². The Kier molecular flexibility index (Phi) is 13.8. The maximum Gasteiger partial charge on any atom is 0.232 e. The molecule has 2 N–H and O–H groups in total. The van der Waals surface area contributed by atoms with Gasteiger partial charge in [0.1, 0.15) is 62.3 Å². The van der Waals surface area contributed by atoms with Crippen LogP contribution in [-0.4, -0.2) is 74.8 Å². The minimum absolute atomic E-state index is 0.0205. The first-order valence-corrected chi connectivity index (χ1v) is 27.9. The number of benzene rings is 6. The molecule has 24 nitrogen and oxygen atoms in total. The normalized spacial score (nSPS) is 12.7. The number of azo groups is 2. The van der Waals surface area contributed by atoms with Gasteiger partial charge in [0.25, 0.3) is 0 Å². The van der Waals surface area contributed by atoms with Crippen molar-refractivity contribution in [2.24, 2.45) is 20.5 Å². The van der Waals surface area contributed by atoms with Gasteiger partial charge in [-0.1, -0.05) is 53.8 Å².